The second kappa shape index (κ2) is 5.12. The van der Waals surface area contributed by atoms with Crippen molar-refractivity contribution in [2.75, 3.05) is 6.54 Å². The summed E-state index contributed by atoms with van der Waals surface area (Å²) in [5, 5.41) is 9.29. The van der Waals surface area contributed by atoms with E-state index in [9.17, 15) is 14.7 Å². The first-order valence-corrected chi connectivity index (χ1v) is 6.83. The highest BCUT2D eigenvalue weighted by Crippen LogP contribution is 2.25. The maximum Gasteiger partial charge on any atom is 0.326 e. The minimum atomic E-state index is -0.970. The van der Waals surface area contributed by atoms with Crippen molar-refractivity contribution >= 4 is 22.9 Å². The van der Waals surface area contributed by atoms with Crippen LogP contribution in [0.3, 0.4) is 0 Å². The Morgan fingerprint density at radius 2 is 2.00 bits per heavy atom. The monoisotopic (exact) mass is 285 g/mol. The van der Waals surface area contributed by atoms with Crippen LogP contribution in [0.2, 0.25) is 0 Å². The standard InChI is InChI=1S/C15H15N3O3/c1-9-6-7-18(13(9)15(20)21)14(19)12-8-16-10-4-2-3-5-11(10)17-12/h2-5,8-9,13H,6-7H2,1H3,(H,20,21). The van der Waals surface area contributed by atoms with Crippen molar-refractivity contribution < 1.29 is 14.7 Å². The van der Waals surface area contributed by atoms with Crippen LogP contribution in [0, 0.1) is 5.92 Å². The summed E-state index contributed by atoms with van der Waals surface area (Å²) in [6, 6.07) is 6.48. The predicted molar refractivity (Wildman–Crippen MR) is 75.8 cm³/mol. The second-order valence-electron chi connectivity index (χ2n) is 5.29. The van der Waals surface area contributed by atoms with Gasteiger partial charge in [0.2, 0.25) is 0 Å². The fourth-order valence-electron chi connectivity index (χ4n) is 2.76. The molecule has 2 unspecified atom stereocenters. The predicted octanol–water partition coefficient (Wildman–Crippen LogP) is 1.56. The summed E-state index contributed by atoms with van der Waals surface area (Å²) in [5.41, 5.74) is 1.52. The van der Waals surface area contributed by atoms with Gasteiger partial charge in [-0.2, -0.15) is 0 Å². The number of hydrogen-bond acceptors (Lipinski definition) is 4. The zero-order valence-electron chi connectivity index (χ0n) is 11.6. The Bertz CT molecular complexity index is 716. The maximum atomic E-state index is 12.5. The Balaban J connectivity index is 1.94. The van der Waals surface area contributed by atoms with Crippen LogP contribution in [-0.4, -0.2) is 44.4 Å². The smallest absolute Gasteiger partial charge is 0.326 e. The number of aromatic nitrogens is 2. The van der Waals surface area contributed by atoms with Gasteiger partial charge < -0.3 is 10.0 Å². The molecule has 1 saturated heterocycles. The molecule has 6 heteroatoms. The van der Waals surface area contributed by atoms with Crippen LogP contribution in [0.5, 0.6) is 0 Å². The average molecular weight is 285 g/mol. The molecule has 1 fully saturated rings. The first-order chi connectivity index (χ1) is 10.1. The number of benzene rings is 1. The van der Waals surface area contributed by atoms with E-state index < -0.39 is 12.0 Å². The number of hydrogen-bond donors (Lipinski definition) is 1. The minimum Gasteiger partial charge on any atom is -0.480 e. The number of nitrogens with zero attached hydrogens (tertiary/aromatic N) is 3. The van der Waals surface area contributed by atoms with Crippen molar-refractivity contribution in [3.05, 3.63) is 36.2 Å². The second-order valence-corrected chi connectivity index (χ2v) is 5.29. The summed E-state index contributed by atoms with van der Waals surface area (Å²) in [4.78, 5) is 33.7. The summed E-state index contributed by atoms with van der Waals surface area (Å²) in [7, 11) is 0. The number of carbonyl (C=O) groups is 2. The third kappa shape index (κ3) is 2.33. The summed E-state index contributed by atoms with van der Waals surface area (Å²) >= 11 is 0. The number of amides is 1. The highest BCUT2D eigenvalue weighted by Gasteiger charge is 2.40. The van der Waals surface area contributed by atoms with E-state index in [-0.39, 0.29) is 17.5 Å². The van der Waals surface area contributed by atoms with E-state index in [1.807, 2.05) is 25.1 Å². The molecular formula is C15H15N3O3. The lowest BCUT2D eigenvalue weighted by atomic mass is 10.0. The molecule has 1 aromatic carbocycles. The SMILES string of the molecule is CC1CCN(C(=O)c2cnc3ccccc3n2)C1C(=O)O. The minimum absolute atomic E-state index is 0.0557. The number of carboxylic acids is 1. The van der Waals surface area contributed by atoms with Gasteiger partial charge in [-0.3, -0.25) is 9.78 Å². The molecule has 2 heterocycles. The first-order valence-electron chi connectivity index (χ1n) is 6.83. The van der Waals surface area contributed by atoms with Gasteiger partial charge in [0.05, 0.1) is 17.2 Å². The van der Waals surface area contributed by atoms with Crippen molar-refractivity contribution in [2.45, 2.75) is 19.4 Å². The molecule has 3 rings (SSSR count). The van der Waals surface area contributed by atoms with Gasteiger partial charge in [0.1, 0.15) is 11.7 Å². The van der Waals surface area contributed by atoms with Crippen LogP contribution in [0.25, 0.3) is 11.0 Å². The lowest BCUT2D eigenvalue weighted by molar-refractivity contribution is -0.142. The van der Waals surface area contributed by atoms with E-state index in [0.29, 0.717) is 24.0 Å². The number of carboxylic acid groups (broad SMARTS) is 1. The van der Waals surface area contributed by atoms with Crippen molar-refractivity contribution in [1.29, 1.82) is 0 Å². The van der Waals surface area contributed by atoms with Gasteiger partial charge in [-0.05, 0) is 24.5 Å². The summed E-state index contributed by atoms with van der Waals surface area (Å²) in [6.07, 6.45) is 2.09. The van der Waals surface area contributed by atoms with Crippen molar-refractivity contribution in [3.63, 3.8) is 0 Å². The molecule has 1 aliphatic heterocycles. The molecule has 1 N–H and O–H groups in total. The fourth-order valence-corrected chi connectivity index (χ4v) is 2.76. The van der Waals surface area contributed by atoms with Crippen molar-refractivity contribution in [3.8, 4) is 0 Å². The Kier molecular flexibility index (Phi) is 3.29. The van der Waals surface area contributed by atoms with E-state index in [1.165, 1.54) is 11.1 Å². The van der Waals surface area contributed by atoms with Crippen molar-refractivity contribution in [1.82, 2.24) is 14.9 Å². The molecule has 0 aliphatic carbocycles. The van der Waals surface area contributed by atoms with E-state index in [4.69, 9.17) is 0 Å². The topological polar surface area (TPSA) is 83.4 Å². The molecule has 2 aromatic rings. The molecule has 1 amide bonds. The highest BCUT2D eigenvalue weighted by molar-refractivity contribution is 5.96. The molecule has 21 heavy (non-hydrogen) atoms. The number of carbonyl (C=O) groups excluding carboxylic acids is 1. The summed E-state index contributed by atoms with van der Waals surface area (Å²) in [5.74, 6) is -1.40. The normalized spacial score (nSPS) is 21.7. The number of fused-ring (bicyclic) bond motifs is 1. The van der Waals surface area contributed by atoms with Gasteiger partial charge in [-0.15, -0.1) is 0 Å². The number of para-hydroxylation sites is 2. The van der Waals surface area contributed by atoms with E-state index in [0.717, 1.165) is 0 Å². The van der Waals surface area contributed by atoms with E-state index >= 15 is 0 Å². The van der Waals surface area contributed by atoms with Gasteiger partial charge in [0.15, 0.2) is 0 Å². The summed E-state index contributed by atoms with van der Waals surface area (Å²) in [6.45, 7) is 2.28. The maximum absolute atomic E-state index is 12.5. The number of rotatable bonds is 2. The largest absolute Gasteiger partial charge is 0.480 e. The third-order valence-electron chi connectivity index (χ3n) is 3.88. The fraction of sp³-hybridized carbons (Fsp3) is 0.333. The van der Waals surface area contributed by atoms with Gasteiger partial charge in [-0.25, -0.2) is 9.78 Å². The van der Waals surface area contributed by atoms with Gasteiger partial charge in [0.25, 0.3) is 5.91 Å². The number of likely N-dealkylation sites (tertiary alicyclic amines) is 1. The summed E-state index contributed by atoms with van der Waals surface area (Å²) < 4.78 is 0. The highest BCUT2D eigenvalue weighted by atomic mass is 16.4. The van der Waals surface area contributed by atoms with E-state index in [1.54, 1.807) is 6.07 Å². The van der Waals surface area contributed by atoms with Crippen LogP contribution in [0.4, 0.5) is 0 Å². The molecule has 108 valence electrons. The quantitative estimate of drug-likeness (QED) is 0.905. The Morgan fingerprint density at radius 1 is 1.29 bits per heavy atom. The first kappa shape index (κ1) is 13.5. The lowest BCUT2D eigenvalue weighted by Crippen LogP contribution is -2.43. The Hall–Kier alpha value is -2.50. The van der Waals surface area contributed by atoms with Crippen LogP contribution >= 0.6 is 0 Å². The molecule has 0 radical (unpaired) electrons. The molecule has 1 aliphatic rings. The van der Waals surface area contributed by atoms with Crippen LogP contribution in [-0.2, 0) is 4.79 Å². The van der Waals surface area contributed by atoms with Crippen LogP contribution in [0.1, 0.15) is 23.8 Å². The van der Waals surface area contributed by atoms with Gasteiger partial charge in [-0.1, -0.05) is 19.1 Å². The molecule has 6 nitrogen and oxygen atoms in total. The van der Waals surface area contributed by atoms with Crippen LogP contribution < -0.4 is 0 Å². The Morgan fingerprint density at radius 3 is 2.71 bits per heavy atom. The zero-order valence-corrected chi connectivity index (χ0v) is 11.6. The molecular weight excluding hydrogens is 270 g/mol. The molecule has 2 atom stereocenters. The van der Waals surface area contributed by atoms with Crippen molar-refractivity contribution in [2.24, 2.45) is 5.92 Å². The molecule has 0 bridgehead atoms. The number of aliphatic carboxylic acids is 1. The van der Waals surface area contributed by atoms with Crippen LogP contribution in [0.15, 0.2) is 30.5 Å². The average Bonchev–Trinajstić information content (AvgIpc) is 2.88. The van der Waals surface area contributed by atoms with E-state index in [2.05, 4.69) is 9.97 Å². The zero-order chi connectivity index (χ0) is 15.0. The lowest BCUT2D eigenvalue weighted by Gasteiger charge is -2.22. The molecule has 0 saturated carbocycles. The van der Waals surface area contributed by atoms with Gasteiger partial charge in [0, 0.05) is 6.54 Å². The third-order valence-corrected chi connectivity index (χ3v) is 3.88. The molecule has 1 aromatic heterocycles. The van der Waals surface area contributed by atoms with Gasteiger partial charge >= 0.3 is 5.97 Å². The molecule has 0 spiro atoms. The Labute approximate surface area is 121 Å².